The number of carboxylic acid groups (broad SMARTS) is 1. The van der Waals surface area contributed by atoms with Gasteiger partial charge in [0.2, 0.25) is 0 Å². The van der Waals surface area contributed by atoms with Crippen LogP contribution in [0.15, 0.2) is 71.6 Å². The molecular weight excluding hydrogens is 417 g/mol. The van der Waals surface area contributed by atoms with Crippen molar-refractivity contribution in [2.24, 2.45) is 0 Å². The molecule has 150 valence electrons. The lowest BCUT2D eigenvalue weighted by Crippen LogP contribution is -2.32. The third kappa shape index (κ3) is 4.26. The highest BCUT2D eigenvalue weighted by molar-refractivity contribution is 7.92. The summed E-state index contributed by atoms with van der Waals surface area (Å²) in [5.74, 6) is -1.99. The van der Waals surface area contributed by atoms with Gasteiger partial charge in [0, 0.05) is 10.6 Å². The average Bonchev–Trinajstić information content (AvgIpc) is 2.68. The van der Waals surface area contributed by atoms with Gasteiger partial charge in [-0.2, -0.15) is 0 Å². The minimum atomic E-state index is -4.21. The number of halogens is 2. The summed E-state index contributed by atoms with van der Waals surface area (Å²) in [5.41, 5.74) is 0.499. The van der Waals surface area contributed by atoms with Crippen molar-refractivity contribution in [1.29, 1.82) is 0 Å². The summed E-state index contributed by atoms with van der Waals surface area (Å²) in [7, 11) is -4.21. The van der Waals surface area contributed by atoms with Crippen LogP contribution in [0.4, 0.5) is 10.1 Å². The number of aryl methyl sites for hydroxylation is 1. The molecule has 29 heavy (non-hydrogen) atoms. The van der Waals surface area contributed by atoms with E-state index in [1.54, 1.807) is 12.1 Å². The largest absolute Gasteiger partial charge is 0.478 e. The lowest BCUT2D eigenvalue weighted by molar-refractivity contribution is 0.0697. The van der Waals surface area contributed by atoms with Gasteiger partial charge in [0.25, 0.3) is 10.0 Å². The van der Waals surface area contributed by atoms with Gasteiger partial charge in [-0.1, -0.05) is 47.5 Å². The van der Waals surface area contributed by atoms with Crippen molar-refractivity contribution in [3.05, 3.63) is 94.3 Å². The van der Waals surface area contributed by atoms with Gasteiger partial charge in [0.15, 0.2) is 0 Å². The Morgan fingerprint density at radius 1 is 1.03 bits per heavy atom. The monoisotopic (exact) mass is 433 g/mol. The molecule has 0 spiro atoms. The molecule has 0 aliphatic heterocycles. The average molecular weight is 434 g/mol. The molecule has 0 saturated carbocycles. The summed E-state index contributed by atoms with van der Waals surface area (Å²) in [6.07, 6.45) is 0. The van der Waals surface area contributed by atoms with E-state index in [2.05, 4.69) is 0 Å². The number of benzene rings is 3. The highest BCUT2D eigenvalue weighted by Gasteiger charge is 2.29. The quantitative estimate of drug-likeness (QED) is 0.601. The number of para-hydroxylation sites is 1. The Morgan fingerprint density at radius 2 is 1.69 bits per heavy atom. The molecule has 3 aromatic carbocycles. The van der Waals surface area contributed by atoms with Crippen LogP contribution in [0.1, 0.15) is 21.5 Å². The first-order valence-electron chi connectivity index (χ1n) is 8.56. The minimum absolute atomic E-state index is 0.0434. The molecule has 0 radical (unpaired) electrons. The topological polar surface area (TPSA) is 74.7 Å². The van der Waals surface area contributed by atoms with E-state index in [0.29, 0.717) is 0 Å². The van der Waals surface area contributed by atoms with Crippen LogP contribution >= 0.6 is 11.6 Å². The fraction of sp³-hybridized carbons (Fsp3) is 0.0952. The molecule has 0 saturated heterocycles. The van der Waals surface area contributed by atoms with Gasteiger partial charge in [-0.05, 0) is 43.3 Å². The van der Waals surface area contributed by atoms with Crippen molar-refractivity contribution in [2.45, 2.75) is 18.4 Å². The molecule has 0 aliphatic rings. The van der Waals surface area contributed by atoms with E-state index in [9.17, 15) is 22.7 Å². The van der Waals surface area contributed by atoms with Gasteiger partial charge in [-0.3, -0.25) is 4.31 Å². The predicted molar refractivity (Wildman–Crippen MR) is 109 cm³/mol. The Kier molecular flexibility index (Phi) is 5.91. The van der Waals surface area contributed by atoms with E-state index < -0.39 is 28.4 Å². The van der Waals surface area contributed by atoms with E-state index in [0.717, 1.165) is 9.87 Å². The van der Waals surface area contributed by atoms with Crippen molar-refractivity contribution in [3.8, 4) is 0 Å². The second-order valence-electron chi connectivity index (χ2n) is 6.35. The molecule has 3 rings (SSSR count). The molecule has 0 heterocycles. The number of hydrogen-bond acceptors (Lipinski definition) is 3. The molecule has 0 unspecified atom stereocenters. The second-order valence-corrected chi connectivity index (χ2v) is 8.62. The van der Waals surface area contributed by atoms with Crippen molar-refractivity contribution < 1.29 is 22.7 Å². The van der Waals surface area contributed by atoms with Gasteiger partial charge in [0.1, 0.15) is 5.82 Å². The molecule has 5 nitrogen and oxygen atoms in total. The summed E-state index contributed by atoms with van der Waals surface area (Å²) < 4.78 is 42.1. The van der Waals surface area contributed by atoms with Gasteiger partial charge in [-0.15, -0.1) is 0 Å². The molecule has 0 aromatic heterocycles. The first-order valence-corrected chi connectivity index (χ1v) is 10.4. The summed E-state index contributed by atoms with van der Waals surface area (Å²) in [5, 5.41) is 9.58. The van der Waals surface area contributed by atoms with Crippen LogP contribution in [0.25, 0.3) is 0 Å². The lowest BCUT2D eigenvalue weighted by atomic mass is 10.1. The van der Waals surface area contributed by atoms with Crippen molar-refractivity contribution in [1.82, 2.24) is 0 Å². The standard InChI is InChI=1S/C21H17ClFNO4S/c1-14-9-11-15(12-10-14)29(27,28)24(13-17-18(22)6-4-7-19(17)23)20-8-3-2-5-16(20)21(25)26/h2-12H,13H2,1H3,(H,25,26). The summed E-state index contributed by atoms with van der Waals surface area (Å²) in [4.78, 5) is 11.7. The SMILES string of the molecule is Cc1ccc(S(=O)(=O)N(Cc2c(F)cccc2Cl)c2ccccc2C(=O)O)cc1. The first kappa shape index (κ1) is 20.8. The third-order valence-electron chi connectivity index (χ3n) is 4.38. The Hall–Kier alpha value is -2.90. The van der Waals surface area contributed by atoms with Crippen LogP contribution in [0.5, 0.6) is 0 Å². The van der Waals surface area contributed by atoms with Crippen LogP contribution in [-0.2, 0) is 16.6 Å². The maximum atomic E-state index is 14.4. The summed E-state index contributed by atoms with van der Waals surface area (Å²) >= 11 is 6.10. The molecule has 0 aliphatic carbocycles. The number of sulfonamides is 1. The number of carbonyl (C=O) groups is 1. The number of carboxylic acids is 1. The molecule has 8 heteroatoms. The van der Waals surface area contributed by atoms with Crippen LogP contribution in [0, 0.1) is 12.7 Å². The fourth-order valence-corrected chi connectivity index (χ4v) is 4.51. The van der Waals surface area contributed by atoms with E-state index in [1.807, 2.05) is 6.92 Å². The van der Waals surface area contributed by atoms with Crippen LogP contribution in [-0.4, -0.2) is 19.5 Å². The van der Waals surface area contributed by atoms with Crippen LogP contribution < -0.4 is 4.31 Å². The second kappa shape index (κ2) is 8.23. The van der Waals surface area contributed by atoms with E-state index in [4.69, 9.17) is 11.6 Å². The highest BCUT2D eigenvalue weighted by Crippen LogP contribution is 2.31. The normalized spacial score (nSPS) is 11.3. The zero-order valence-corrected chi connectivity index (χ0v) is 16.9. The number of nitrogens with zero attached hydrogens (tertiary/aromatic N) is 1. The Labute approximate surface area is 173 Å². The number of anilines is 1. The maximum absolute atomic E-state index is 14.4. The molecule has 3 aromatic rings. The Bertz CT molecular complexity index is 1140. The number of rotatable bonds is 6. The Morgan fingerprint density at radius 3 is 2.31 bits per heavy atom. The van der Waals surface area contributed by atoms with Crippen molar-refractivity contribution in [2.75, 3.05) is 4.31 Å². The molecule has 0 amide bonds. The fourth-order valence-electron chi connectivity index (χ4n) is 2.84. The van der Waals surface area contributed by atoms with Crippen LogP contribution in [0.2, 0.25) is 5.02 Å². The van der Waals surface area contributed by atoms with Gasteiger partial charge in [0.05, 0.1) is 22.7 Å². The van der Waals surface area contributed by atoms with Gasteiger partial charge < -0.3 is 5.11 Å². The molecule has 0 bridgehead atoms. The molecule has 0 fully saturated rings. The van der Waals surface area contributed by atoms with Gasteiger partial charge >= 0.3 is 5.97 Å². The van der Waals surface area contributed by atoms with Crippen molar-refractivity contribution in [3.63, 3.8) is 0 Å². The van der Waals surface area contributed by atoms with E-state index in [1.165, 1.54) is 54.6 Å². The molecule has 1 N–H and O–H groups in total. The van der Waals surface area contributed by atoms with E-state index in [-0.39, 0.29) is 26.7 Å². The number of aromatic carboxylic acids is 1. The first-order chi connectivity index (χ1) is 13.7. The summed E-state index contributed by atoms with van der Waals surface area (Å²) in [6, 6.07) is 15.8. The molecular formula is C21H17ClFNO4S. The van der Waals surface area contributed by atoms with Crippen LogP contribution in [0.3, 0.4) is 0 Å². The van der Waals surface area contributed by atoms with Crippen molar-refractivity contribution >= 4 is 33.3 Å². The van der Waals surface area contributed by atoms with Gasteiger partial charge in [-0.25, -0.2) is 17.6 Å². The number of hydrogen-bond donors (Lipinski definition) is 1. The zero-order chi connectivity index (χ0) is 21.2. The highest BCUT2D eigenvalue weighted by atomic mass is 35.5. The molecule has 0 atom stereocenters. The Balaban J connectivity index is 2.22. The van der Waals surface area contributed by atoms with E-state index >= 15 is 0 Å². The smallest absolute Gasteiger partial charge is 0.337 e. The lowest BCUT2D eigenvalue weighted by Gasteiger charge is -2.26. The summed E-state index contributed by atoms with van der Waals surface area (Å²) in [6.45, 7) is 1.35. The zero-order valence-electron chi connectivity index (χ0n) is 15.3. The minimum Gasteiger partial charge on any atom is -0.478 e. The predicted octanol–water partition coefficient (Wildman–Crippen LogP) is 4.88. The maximum Gasteiger partial charge on any atom is 0.337 e. The third-order valence-corrected chi connectivity index (χ3v) is 6.50.